The lowest BCUT2D eigenvalue weighted by atomic mass is 9.94. The molecule has 6 rings (SSSR count). The van der Waals surface area contributed by atoms with Crippen molar-refractivity contribution in [3.05, 3.63) is 82.9 Å². The first kappa shape index (κ1) is 24.4. The van der Waals surface area contributed by atoms with E-state index in [1.807, 2.05) is 35.6 Å². The molecule has 0 spiro atoms. The van der Waals surface area contributed by atoms with Crippen molar-refractivity contribution >= 4 is 34.8 Å². The van der Waals surface area contributed by atoms with E-state index in [2.05, 4.69) is 32.5 Å². The second-order valence-corrected chi connectivity index (χ2v) is 10.5. The number of nitrogen functional groups attached to an aromatic ring is 1. The molecular weight excluding hydrogens is 498 g/mol. The maximum Gasteiger partial charge on any atom is 0.258 e. The van der Waals surface area contributed by atoms with Crippen molar-refractivity contribution < 1.29 is 4.79 Å². The molecule has 194 valence electrons. The number of anilines is 2. The first-order chi connectivity index (χ1) is 18.5. The van der Waals surface area contributed by atoms with Gasteiger partial charge in [0.05, 0.1) is 21.8 Å². The molecule has 3 N–H and O–H groups in total. The molecule has 8 nitrogen and oxygen atoms in total. The van der Waals surface area contributed by atoms with Crippen LogP contribution in [-0.2, 0) is 0 Å². The van der Waals surface area contributed by atoms with Crippen LogP contribution in [0.3, 0.4) is 0 Å². The molecule has 1 unspecified atom stereocenters. The van der Waals surface area contributed by atoms with Crippen molar-refractivity contribution in [2.45, 2.75) is 44.4 Å². The van der Waals surface area contributed by atoms with Gasteiger partial charge in [0.2, 0.25) is 5.95 Å². The third-order valence-electron chi connectivity index (χ3n) is 7.36. The molecule has 1 saturated heterocycles. The number of nitrogens with two attached hydrogens (primary N) is 1. The molecule has 2 aliphatic rings. The lowest BCUT2D eigenvalue weighted by molar-refractivity contribution is 0.102. The zero-order valence-corrected chi connectivity index (χ0v) is 22.0. The smallest absolute Gasteiger partial charge is 0.258 e. The topological polar surface area (TPSA) is 101 Å². The van der Waals surface area contributed by atoms with Crippen LogP contribution in [0.1, 0.15) is 66.1 Å². The molecule has 1 atom stereocenters. The van der Waals surface area contributed by atoms with E-state index in [-0.39, 0.29) is 11.8 Å². The van der Waals surface area contributed by atoms with E-state index in [9.17, 15) is 4.79 Å². The number of halogens is 1. The number of imidazole rings is 1. The Morgan fingerprint density at radius 1 is 1.11 bits per heavy atom. The zero-order chi connectivity index (χ0) is 26.2. The third-order valence-corrected chi connectivity index (χ3v) is 7.67. The van der Waals surface area contributed by atoms with E-state index in [0.29, 0.717) is 34.1 Å². The summed E-state index contributed by atoms with van der Waals surface area (Å²) in [5, 5.41) is 3.22. The summed E-state index contributed by atoms with van der Waals surface area (Å²) in [5.41, 5.74) is 10.6. The molecule has 1 amide bonds. The highest BCUT2D eigenvalue weighted by atomic mass is 35.5. The number of nitrogens with zero attached hydrogens (tertiary/aromatic N) is 5. The standard InChI is InChI=1S/C29H30ClN7O/c1-2-13-36-14-3-4-21(17-36)26-24-10-12-33-29(31)37(24)27(35-26)20-7-8-22(23(30)15-20)28(38)34-25-16-19(9-11-32-25)18-5-6-18/h2,7-13,15-16,18,21H,3-6,14,17H2,1H3,(H2,31,33)(H,32,34,38). The molecule has 0 radical (unpaired) electrons. The maximum absolute atomic E-state index is 13.0. The van der Waals surface area contributed by atoms with Crippen LogP contribution in [0.15, 0.2) is 61.1 Å². The van der Waals surface area contributed by atoms with Crippen molar-refractivity contribution in [2.24, 2.45) is 0 Å². The normalized spacial score (nSPS) is 17.8. The number of piperidine rings is 1. The number of aromatic nitrogens is 4. The number of benzene rings is 1. The van der Waals surface area contributed by atoms with Crippen molar-refractivity contribution in [1.29, 1.82) is 0 Å². The second-order valence-electron chi connectivity index (χ2n) is 10.1. The van der Waals surface area contributed by atoms with Gasteiger partial charge in [0.25, 0.3) is 5.91 Å². The molecule has 0 bridgehead atoms. The van der Waals surface area contributed by atoms with Crippen LogP contribution in [0.4, 0.5) is 11.8 Å². The zero-order valence-electron chi connectivity index (χ0n) is 21.3. The van der Waals surface area contributed by atoms with Crippen molar-refractivity contribution in [1.82, 2.24) is 24.3 Å². The van der Waals surface area contributed by atoms with Gasteiger partial charge in [0.15, 0.2) is 0 Å². The molecule has 9 heteroatoms. The Kier molecular flexibility index (Phi) is 6.49. The van der Waals surface area contributed by atoms with Crippen LogP contribution in [0.5, 0.6) is 0 Å². The van der Waals surface area contributed by atoms with Gasteiger partial charge < -0.3 is 16.0 Å². The molecule has 4 aromatic rings. The third kappa shape index (κ3) is 4.72. The second kappa shape index (κ2) is 10.1. The predicted octanol–water partition coefficient (Wildman–Crippen LogP) is 5.87. The van der Waals surface area contributed by atoms with Crippen LogP contribution >= 0.6 is 11.6 Å². The fraction of sp³-hybridized carbons (Fsp3) is 0.310. The number of carbonyl (C=O) groups is 1. The molecule has 1 aliphatic carbocycles. The minimum absolute atomic E-state index is 0.268. The predicted molar refractivity (Wildman–Crippen MR) is 150 cm³/mol. The Morgan fingerprint density at radius 2 is 1.95 bits per heavy atom. The van der Waals surface area contributed by atoms with Crippen LogP contribution in [0.2, 0.25) is 5.02 Å². The number of hydrogen-bond donors (Lipinski definition) is 2. The van der Waals surface area contributed by atoms with Crippen molar-refractivity contribution in [2.75, 3.05) is 24.1 Å². The lowest BCUT2D eigenvalue weighted by Crippen LogP contribution is -2.30. The van der Waals surface area contributed by atoms with E-state index < -0.39 is 0 Å². The maximum atomic E-state index is 13.0. The van der Waals surface area contributed by atoms with E-state index >= 15 is 0 Å². The summed E-state index contributed by atoms with van der Waals surface area (Å²) in [6, 6.07) is 11.2. The molecule has 1 saturated carbocycles. The number of amides is 1. The quantitative estimate of drug-likeness (QED) is 0.325. The summed E-state index contributed by atoms with van der Waals surface area (Å²) in [5.74, 6) is 2.09. The number of rotatable bonds is 6. The van der Waals surface area contributed by atoms with Crippen LogP contribution < -0.4 is 11.1 Å². The molecule has 4 heterocycles. The number of pyridine rings is 1. The summed E-state index contributed by atoms with van der Waals surface area (Å²) in [7, 11) is 0. The Labute approximate surface area is 226 Å². The Hall–Kier alpha value is -3.91. The number of hydrogen-bond acceptors (Lipinski definition) is 6. The fourth-order valence-corrected chi connectivity index (χ4v) is 5.63. The summed E-state index contributed by atoms with van der Waals surface area (Å²) < 4.78 is 1.88. The first-order valence-corrected chi connectivity index (χ1v) is 13.5. The summed E-state index contributed by atoms with van der Waals surface area (Å²) >= 11 is 6.65. The number of allylic oxidation sites excluding steroid dienone is 1. The van der Waals surface area contributed by atoms with Gasteiger partial charge in [-0.15, -0.1) is 0 Å². The SMILES string of the molecule is CC=CN1CCCC(c2nc(-c3ccc(C(=O)Nc4cc(C5CC5)ccn4)c(Cl)c3)n3c(N)nccc23)C1. The van der Waals surface area contributed by atoms with Gasteiger partial charge in [0.1, 0.15) is 11.6 Å². The van der Waals surface area contributed by atoms with Crippen LogP contribution in [0, 0.1) is 0 Å². The minimum Gasteiger partial charge on any atom is -0.377 e. The Bertz CT molecular complexity index is 1540. The summed E-state index contributed by atoms with van der Waals surface area (Å²) in [6.45, 7) is 3.98. The van der Waals surface area contributed by atoms with Gasteiger partial charge in [-0.05, 0) is 80.6 Å². The molecule has 1 aliphatic heterocycles. The van der Waals surface area contributed by atoms with Gasteiger partial charge in [-0.25, -0.2) is 15.0 Å². The van der Waals surface area contributed by atoms with Crippen LogP contribution in [0.25, 0.3) is 16.9 Å². The summed E-state index contributed by atoms with van der Waals surface area (Å²) in [4.78, 5) is 29.1. The largest absolute Gasteiger partial charge is 0.377 e. The van der Waals surface area contributed by atoms with E-state index in [1.165, 1.54) is 18.4 Å². The number of fused-ring (bicyclic) bond motifs is 1. The number of carbonyl (C=O) groups excluding carboxylic acids is 1. The van der Waals surface area contributed by atoms with Crippen molar-refractivity contribution in [3.63, 3.8) is 0 Å². The highest BCUT2D eigenvalue weighted by Crippen LogP contribution is 2.40. The highest BCUT2D eigenvalue weighted by Gasteiger charge is 2.27. The number of likely N-dealkylation sites (tertiary alicyclic amines) is 1. The van der Waals surface area contributed by atoms with Gasteiger partial charge in [0, 0.05) is 37.0 Å². The van der Waals surface area contributed by atoms with E-state index in [0.717, 1.165) is 42.7 Å². The van der Waals surface area contributed by atoms with Gasteiger partial charge >= 0.3 is 0 Å². The van der Waals surface area contributed by atoms with Crippen LogP contribution in [-0.4, -0.2) is 43.2 Å². The first-order valence-electron chi connectivity index (χ1n) is 13.1. The van der Waals surface area contributed by atoms with Gasteiger partial charge in [-0.2, -0.15) is 0 Å². The van der Waals surface area contributed by atoms with Gasteiger partial charge in [-0.3, -0.25) is 9.20 Å². The monoisotopic (exact) mass is 527 g/mol. The van der Waals surface area contributed by atoms with Crippen molar-refractivity contribution in [3.8, 4) is 11.4 Å². The van der Waals surface area contributed by atoms with E-state index in [1.54, 1.807) is 24.5 Å². The summed E-state index contributed by atoms with van der Waals surface area (Å²) in [6.07, 6.45) is 12.2. The molecule has 2 fully saturated rings. The average Bonchev–Trinajstić information content (AvgIpc) is 3.69. The lowest BCUT2D eigenvalue weighted by Gasteiger charge is -2.31. The average molecular weight is 528 g/mol. The molecule has 3 aromatic heterocycles. The fourth-order valence-electron chi connectivity index (χ4n) is 5.36. The van der Waals surface area contributed by atoms with E-state index in [4.69, 9.17) is 22.3 Å². The Morgan fingerprint density at radius 3 is 2.74 bits per heavy atom. The van der Waals surface area contributed by atoms with Gasteiger partial charge in [-0.1, -0.05) is 23.7 Å². The molecule has 1 aromatic carbocycles. The Balaban J connectivity index is 1.31. The molecule has 38 heavy (non-hydrogen) atoms. The number of nitrogens with one attached hydrogen (secondary N) is 1. The minimum atomic E-state index is -0.303. The highest BCUT2D eigenvalue weighted by molar-refractivity contribution is 6.34. The molecular formula is C29H30ClN7O.